The molecule has 1 aromatic carbocycles. The summed E-state index contributed by atoms with van der Waals surface area (Å²) in [5.74, 6) is -0.411. The Labute approximate surface area is 160 Å². The van der Waals surface area contributed by atoms with E-state index in [9.17, 15) is 14.0 Å². The van der Waals surface area contributed by atoms with Crippen molar-refractivity contribution in [1.82, 2.24) is 19.5 Å². The second-order valence-electron chi connectivity index (χ2n) is 6.71. The van der Waals surface area contributed by atoms with Crippen LogP contribution in [0.5, 0.6) is 0 Å². The van der Waals surface area contributed by atoms with Crippen LogP contribution in [0.4, 0.5) is 9.18 Å². The zero-order chi connectivity index (χ0) is 19.7. The van der Waals surface area contributed by atoms with Crippen LogP contribution in [0.3, 0.4) is 0 Å². The number of halogens is 1. The van der Waals surface area contributed by atoms with Crippen LogP contribution < -0.4 is 5.63 Å². The van der Waals surface area contributed by atoms with E-state index < -0.39 is 17.5 Å². The molecule has 1 amide bonds. The zero-order valence-electron chi connectivity index (χ0n) is 15.3. The summed E-state index contributed by atoms with van der Waals surface area (Å²) in [5.41, 5.74) is 0.993. The van der Waals surface area contributed by atoms with Crippen molar-refractivity contribution < 1.29 is 13.7 Å². The maximum Gasteiger partial charge on any atom is 0.366 e. The van der Waals surface area contributed by atoms with Crippen LogP contribution in [-0.2, 0) is 0 Å². The predicted octanol–water partition coefficient (Wildman–Crippen LogP) is 2.52. The molecule has 28 heavy (non-hydrogen) atoms. The van der Waals surface area contributed by atoms with Gasteiger partial charge in [-0.05, 0) is 36.9 Å². The maximum atomic E-state index is 13.4. The van der Waals surface area contributed by atoms with Crippen molar-refractivity contribution in [2.75, 3.05) is 33.2 Å². The van der Waals surface area contributed by atoms with Crippen molar-refractivity contribution >= 4 is 6.03 Å². The fraction of sp³-hybridized carbons (Fsp3) is 0.250. The van der Waals surface area contributed by atoms with Crippen molar-refractivity contribution in [3.8, 4) is 22.4 Å². The number of pyridine rings is 1. The van der Waals surface area contributed by atoms with Crippen LogP contribution >= 0.6 is 0 Å². The number of hydrogen-bond donors (Lipinski definition) is 0. The number of carbonyl (C=O) groups excluding carboxylic acids is 1. The third kappa shape index (κ3) is 3.34. The van der Waals surface area contributed by atoms with Crippen molar-refractivity contribution in [1.29, 1.82) is 0 Å². The summed E-state index contributed by atoms with van der Waals surface area (Å²) in [4.78, 5) is 33.6. The van der Waals surface area contributed by atoms with Crippen LogP contribution in [0.15, 0.2) is 58.1 Å². The standard InChI is InChI=1S/C20H19FN4O3/c1-23-10-12-24(13-11-23)20(27)25-18(15-6-8-22-9-7-15)17(19(26)28-25)14-2-4-16(21)5-3-14/h2-9H,10-13H2,1H3. The van der Waals surface area contributed by atoms with Crippen molar-refractivity contribution in [3.63, 3.8) is 0 Å². The minimum absolute atomic E-state index is 0.216. The second kappa shape index (κ2) is 7.40. The molecule has 0 bridgehead atoms. The molecule has 0 N–H and O–H groups in total. The molecular weight excluding hydrogens is 363 g/mol. The van der Waals surface area contributed by atoms with E-state index in [4.69, 9.17) is 4.52 Å². The number of rotatable bonds is 2. The summed E-state index contributed by atoms with van der Waals surface area (Å²) < 4.78 is 19.8. The van der Waals surface area contributed by atoms with Crippen LogP contribution in [0, 0.1) is 5.82 Å². The quantitative estimate of drug-likeness (QED) is 0.681. The minimum Gasteiger partial charge on any atom is -0.326 e. The average Bonchev–Trinajstić information content (AvgIpc) is 3.06. The molecule has 2 aromatic heterocycles. The molecule has 0 radical (unpaired) electrons. The number of aromatic nitrogens is 2. The Kier molecular flexibility index (Phi) is 4.79. The molecule has 1 fully saturated rings. The van der Waals surface area contributed by atoms with Gasteiger partial charge in [0.25, 0.3) is 0 Å². The van der Waals surface area contributed by atoms with Gasteiger partial charge in [0.1, 0.15) is 11.5 Å². The second-order valence-corrected chi connectivity index (χ2v) is 6.71. The Balaban J connectivity index is 1.85. The summed E-state index contributed by atoms with van der Waals surface area (Å²) in [5, 5.41) is 0. The number of benzene rings is 1. The largest absolute Gasteiger partial charge is 0.366 e. The van der Waals surface area contributed by atoms with Gasteiger partial charge in [0, 0.05) is 44.1 Å². The van der Waals surface area contributed by atoms with Gasteiger partial charge >= 0.3 is 11.7 Å². The highest BCUT2D eigenvalue weighted by molar-refractivity contribution is 5.88. The number of carbonyl (C=O) groups is 1. The lowest BCUT2D eigenvalue weighted by molar-refractivity contribution is 0.134. The molecule has 1 aliphatic rings. The Hall–Kier alpha value is -3.26. The first-order chi connectivity index (χ1) is 13.5. The molecule has 0 aliphatic carbocycles. The van der Waals surface area contributed by atoms with Gasteiger partial charge in [-0.1, -0.05) is 12.1 Å². The Morgan fingerprint density at radius 1 is 1.00 bits per heavy atom. The third-order valence-corrected chi connectivity index (χ3v) is 4.85. The molecule has 3 aromatic rings. The van der Waals surface area contributed by atoms with Gasteiger partial charge in [0.2, 0.25) is 0 Å². The van der Waals surface area contributed by atoms with Gasteiger partial charge in [-0.15, -0.1) is 4.74 Å². The maximum absolute atomic E-state index is 13.4. The highest BCUT2D eigenvalue weighted by Crippen LogP contribution is 2.30. The van der Waals surface area contributed by atoms with Crippen molar-refractivity contribution in [3.05, 3.63) is 65.0 Å². The summed E-state index contributed by atoms with van der Waals surface area (Å²) in [6.45, 7) is 2.57. The molecule has 0 unspecified atom stereocenters. The van der Waals surface area contributed by atoms with E-state index in [-0.39, 0.29) is 5.56 Å². The first-order valence-electron chi connectivity index (χ1n) is 8.95. The molecule has 7 nitrogen and oxygen atoms in total. The Bertz CT molecular complexity index is 1040. The van der Waals surface area contributed by atoms with E-state index in [2.05, 4.69) is 9.88 Å². The first kappa shape index (κ1) is 18.1. The van der Waals surface area contributed by atoms with Crippen LogP contribution in [0.25, 0.3) is 22.4 Å². The number of amides is 1. The van der Waals surface area contributed by atoms with Gasteiger partial charge < -0.3 is 14.3 Å². The Morgan fingerprint density at radius 2 is 1.64 bits per heavy atom. The number of nitrogens with zero attached hydrogens (tertiary/aromatic N) is 4. The summed E-state index contributed by atoms with van der Waals surface area (Å²) in [7, 11) is 1.99. The summed E-state index contributed by atoms with van der Waals surface area (Å²) in [6.07, 6.45) is 3.15. The minimum atomic E-state index is -0.652. The third-order valence-electron chi connectivity index (χ3n) is 4.85. The fourth-order valence-electron chi connectivity index (χ4n) is 3.28. The molecule has 3 heterocycles. The van der Waals surface area contributed by atoms with Crippen LogP contribution in [0.2, 0.25) is 0 Å². The van der Waals surface area contributed by atoms with Crippen molar-refractivity contribution in [2.24, 2.45) is 0 Å². The lowest BCUT2D eigenvalue weighted by atomic mass is 10.0. The molecule has 0 atom stereocenters. The normalized spacial score (nSPS) is 15.0. The van der Waals surface area contributed by atoms with E-state index in [1.54, 1.807) is 29.4 Å². The highest BCUT2D eigenvalue weighted by Gasteiger charge is 2.28. The fourth-order valence-corrected chi connectivity index (χ4v) is 3.28. The predicted molar refractivity (Wildman–Crippen MR) is 101 cm³/mol. The van der Waals surface area contributed by atoms with E-state index in [1.165, 1.54) is 24.3 Å². The van der Waals surface area contributed by atoms with Gasteiger partial charge in [-0.2, -0.15) is 0 Å². The lowest BCUT2D eigenvalue weighted by Gasteiger charge is -2.32. The number of likely N-dealkylation sites (N-methyl/N-ethyl adjacent to an activating group) is 1. The van der Waals surface area contributed by atoms with Gasteiger partial charge in [0.05, 0.1) is 5.56 Å². The molecule has 4 rings (SSSR count). The highest BCUT2D eigenvalue weighted by atomic mass is 19.1. The smallest absolute Gasteiger partial charge is 0.326 e. The molecule has 1 aliphatic heterocycles. The number of hydrogen-bond acceptors (Lipinski definition) is 5. The SMILES string of the molecule is CN1CCN(C(=O)n2oc(=O)c(-c3ccc(F)cc3)c2-c2ccncc2)CC1. The molecule has 8 heteroatoms. The monoisotopic (exact) mass is 382 g/mol. The van der Waals surface area contributed by atoms with E-state index in [1.807, 2.05) is 7.05 Å². The molecule has 0 spiro atoms. The van der Waals surface area contributed by atoms with E-state index in [0.29, 0.717) is 29.9 Å². The summed E-state index contributed by atoms with van der Waals surface area (Å²) in [6, 6.07) is 8.53. The zero-order valence-corrected chi connectivity index (χ0v) is 15.3. The topological polar surface area (TPSA) is 71.6 Å². The van der Waals surface area contributed by atoms with Crippen LogP contribution in [0.1, 0.15) is 0 Å². The lowest BCUT2D eigenvalue weighted by Crippen LogP contribution is -2.48. The molecule has 0 saturated carbocycles. The number of piperazine rings is 1. The summed E-state index contributed by atoms with van der Waals surface area (Å²) >= 11 is 0. The van der Waals surface area contributed by atoms with Gasteiger partial charge in [-0.3, -0.25) is 4.98 Å². The van der Waals surface area contributed by atoms with E-state index in [0.717, 1.165) is 17.8 Å². The average molecular weight is 382 g/mol. The Morgan fingerprint density at radius 3 is 2.29 bits per heavy atom. The van der Waals surface area contributed by atoms with Crippen molar-refractivity contribution in [2.45, 2.75) is 0 Å². The molecule has 144 valence electrons. The van der Waals surface area contributed by atoms with Crippen LogP contribution in [-0.4, -0.2) is 58.8 Å². The van der Waals surface area contributed by atoms with E-state index >= 15 is 0 Å². The molecular formula is C20H19FN4O3. The van der Waals surface area contributed by atoms with Gasteiger partial charge in [0.15, 0.2) is 0 Å². The molecule has 1 saturated heterocycles. The first-order valence-corrected chi connectivity index (χ1v) is 8.95. The van der Waals surface area contributed by atoms with Gasteiger partial charge in [-0.25, -0.2) is 14.0 Å².